The largest absolute Gasteiger partial charge is 0.483 e. The lowest BCUT2D eigenvalue weighted by molar-refractivity contribution is -0.234. The highest BCUT2D eigenvalue weighted by Crippen LogP contribution is 2.31. The number of H-pyrrole nitrogens is 4. The summed E-state index contributed by atoms with van der Waals surface area (Å²) in [6.07, 6.45) is 13.4. The molecule has 26 nitrogen and oxygen atoms in total. The highest BCUT2D eigenvalue weighted by molar-refractivity contribution is 5.80. The number of methoxy groups -OCH3 is 2. The predicted octanol–water partition coefficient (Wildman–Crippen LogP) is 12.9. The van der Waals surface area contributed by atoms with E-state index in [0.29, 0.717) is 58.8 Å². The number of rotatable bonds is 28. The number of amides is 2. The van der Waals surface area contributed by atoms with Crippen LogP contribution in [-0.4, -0.2) is 151 Å². The Morgan fingerprint density at radius 1 is 0.368 bits per heavy atom. The average Bonchev–Trinajstić information content (AvgIpc) is 0.796. The third-order valence-electron chi connectivity index (χ3n) is 16.2. The number of hydrogen-bond donors (Lipinski definition) is 4. The lowest BCUT2D eigenvalue weighted by Gasteiger charge is -2.22. The van der Waals surface area contributed by atoms with Gasteiger partial charge in [0.1, 0.15) is 47.3 Å². The van der Waals surface area contributed by atoms with Crippen molar-refractivity contribution in [2.24, 2.45) is 0 Å². The van der Waals surface area contributed by atoms with Gasteiger partial charge in [0.2, 0.25) is 11.5 Å². The van der Waals surface area contributed by atoms with E-state index < -0.39 is 22.2 Å². The van der Waals surface area contributed by atoms with Crippen LogP contribution in [0.1, 0.15) is 79.1 Å². The second-order valence-corrected chi connectivity index (χ2v) is 24.3. The van der Waals surface area contributed by atoms with Crippen molar-refractivity contribution >= 4 is 99.6 Å². The summed E-state index contributed by atoms with van der Waals surface area (Å²) in [6.45, 7) is 10.5. The number of nitrogens with zero attached hydrogens (tertiary/aromatic N) is 8. The van der Waals surface area contributed by atoms with Crippen molar-refractivity contribution in [1.29, 1.82) is 0 Å². The smallest absolute Gasteiger partial charge is 0.260 e. The summed E-state index contributed by atoms with van der Waals surface area (Å²) in [6, 6.07) is 42.9. The zero-order valence-corrected chi connectivity index (χ0v) is 60.3. The molecule has 0 radical (unpaired) electrons. The molecule has 0 fully saturated rings. The number of unbranched alkanes of at least 4 members (excludes halogenated alkanes) is 4. The van der Waals surface area contributed by atoms with E-state index in [-0.39, 0.29) is 130 Å². The van der Waals surface area contributed by atoms with Crippen molar-refractivity contribution in [1.82, 2.24) is 59.6 Å². The summed E-state index contributed by atoms with van der Waals surface area (Å²) in [5.41, 5.74) is -0.330. The first-order valence-electron chi connectivity index (χ1n) is 35.2. The van der Waals surface area contributed by atoms with Crippen molar-refractivity contribution in [3.8, 4) is 23.0 Å². The first kappa shape index (κ1) is 78.3. The number of ether oxygens (including phenoxy) is 4. The first-order valence-corrected chi connectivity index (χ1v) is 35.2. The Morgan fingerprint density at radius 2 is 0.651 bits per heavy atom. The van der Waals surface area contributed by atoms with Gasteiger partial charge in [-0.1, -0.05) is 114 Å². The lowest BCUT2D eigenvalue weighted by atomic mass is 10.2. The number of benzene rings is 6. The number of hydrogen-bond acceptors (Lipinski definition) is 20. The molecule has 4 N–H and O–H groups in total. The van der Waals surface area contributed by atoms with Crippen LogP contribution in [0, 0.1) is 0 Å². The van der Waals surface area contributed by atoms with Gasteiger partial charge in [0.05, 0.1) is 35.3 Å². The van der Waals surface area contributed by atoms with Gasteiger partial charge in [-0.3, -0.25) is 48.7 Å². The monoisotopic (exact) mass is 1440 g/mol. The van der Waals surface area contributed by atoms with E-state index in [9.17, 15) is 28.8 Å². The van der Waals surface area contributed by atoms with Crippen LogP contribution in [0.15, 0.2) is 202 Å². The van der Waals surface area contributed by atoms with Gasteiger partial charge in [0, 0.05) is 123 Å². The second kappa shape index (κ2) is 41.5. The number of aromatic amines is 4. The van der Waals surface area contributed by atoms with Crippen LogP contribution in [0.4, 0.5) is 0 Å². The maximum Gasteiger partial charge on any atom is 0.260 e. The van der Waals surface area contributed by atoms with E-state index >= 15 is 0 Å². The molecule has 0 aliphatic rings. The van der Waals surface area contributed by atoms with Gasteiger partial charge in [-0.15, -0.1) is 0 Å². The van der Waals surface area contributed by atoms with Crippen molar-refractivity contribution in [3.63, 3.8) is 0 Å². The maximum absolute atomic E-state index is 14.1. The van der Waals surface area contributed by atoms with Crippen LogP contribution < -0.4 is 41.5 Å². The van der Waals surface area contributed by atoms with E-state index in [2.05, 4.69) is 57.6 Å². The number of pyridine rings is 2. The fraction of sp³-hybridized carbons (Fsp3) is 0.300. The van der Waals surface area contributed by atoms with Gasteiger partial charge in [-0.2, -0.15) is 9.78 Å². The van der Waals surface area contributed by atoms with Gasteiger partial charge < -0.3 is 58.5 Å². The molecule has 0 aliphatic carbocycles. The number of para-hydroxylation sites is 2. The summed E-state index contributed by atoms with van der Waals surface area (Å²) < 4.78 is 22.5. The minimum atomic E-state index is -0.549. The normalized spacial score (nSPS) is 10.8. The summed E-state index contributed by atoms with van der Waals surface area (Å²) in [7, 11) is 3.04. The van der Waals surface area contributed by atoms with Crippen LogP contribution in [-0.2, 0) is 28.8 Å². The molecule has 106 heavy (non-hydrogen) atoms. The van der Waals surface area contributed by atoms with Crippen LogP contribution in [0.5, 0.6) is 23.0 Å². The molecular formula is C80H88N12O14. The van der Waals surface area contributed by atoms with Crippen molar-refractivity contribution in [3.05, 3.63) is 224 Å². The fourth-order valence-corrected chi connectivity index (χ4v) is 10.2. The number of aromatic nitrogens is 10. The van der Waals surface area contributed by atoms with Gasteiger partial charge in [-0.25, -0.2) is 9.97 Å². The summed E-state index contributed by atoms with van der Waals surface area (Å²) in [5, 5.41) is 3.54. The average molecular weight is 1440 g/mol. The molecule has 0 saturated carbocycles. The summed E-state index contributed by atoms with van der Waals surface area (Å²) >= 11 is 0. The summed E-state index contributed by atoms with van der Waals surface area (Å²) in [4.78, 5) is 149. The fourth-order valence-electron chi connectivity index (χ4n) is 10.2. The van der Waals surface area contributed by atoms with Crippen LogP contribution in [0.25, 0.3) is 87.7 Å². The number of carbonyl (C=O) groups is 2. The molecule has 0 unspecified atom stereocenters. The molecule has 26 heteroatoms. The van der Waals surface area contributed by atoms with E-state index in [1.807, 2.05) is 24.3 Å². The molecule has 6 aromatic carbocycles. The molecule has 12 bridgehead atoms. The van der Waals surface area contributed by atoms with E-state index in [4.69, 9.17) is 58.4 Å². The zero-order chi connectivity index (χ0) is 74.8. The van der Waals surface area contributed by atoms with Crippen molar-refractivity contribution in [2.75, 3.05) is 80.0 Å². The maximum atomic E-state index is 14.1. The Morgan fingerprint density at radius 3 is 0.925 bits per heavy atom. The van der Waals surface area contributed by atoms with Crippen LogP contribution in [0.3, 0.4) is 0 Å². The standard InChI is InChI=1S/C80H88N12O14/c1-7-11-35-91(36-12-8-2)75(93)53-101-63-43-71-85-73(45-63)89-79(97)61-31-23-57(24-32-61)51-83-67-47-69(105-103-41-39-99-5)70(106-104-42-40-100-6)48-68(67)84-52-58-25-33-62(34-26-58)80(98)90-74-46-64(102-54-76(94)92(37-13-9-3)38-14-10-4)44-72(86-74)88-78(96)60-29-21-56(22-30-60)50-82-66-18-16-15-17-65(66)81-49-55-19-27-59(28-20-55)77(95)87-71/h15-34,43-52H,7-14,35-42,53-54H2,1-6H3,(H2,85,87,89,95,97)(H2,86,88,90,96,98). The van der Waals surface area contributed by atoms with Crippen molar-refractivity contribution < 1.29 is 48.1 Å². The van der Waals surface area contributed by atoms with Crippen LogP contribution >= 0.6 is 0 Å². The molecule has 2 amide bonds. The molecule has 9 aromatic heterocycles. The Bertz CT molecular complexity index is 4880. The molecule has 0 aliphatic heterocycles. The van der Waals surface area contributed by atoms with E-state index in [1.54, 1.807) is 132 Å². The van der Waals surface area contributed by atoms with Crippen molar-refractivity contribution in [2.45, 2.75) is 79.1 Å². The predicted molar refractivity (Wildman–Crippen MR) is 411 cm³/mol. The molecule has 0 saturated heterocycles. The Labute approximate surface area is 610 Å². The minimum Gasteiger partial charge on any atom is -0.483 e. The first-order chi connectivity index (χ1) is 51.7. The van der Waals surface area contributed by atoms with Gasteiger partial charge in [0.15, 0.2) is 13.2 Å². The van der Waals surface area contributed by atoms with Crippen LogP contribution in [0.2, 0.25) is 0 Å². The SMILES string of the molecule is CCCCN(CCCC)C(=O)COc1cc2nc(c1)[nH]c(=O)c1ccc(cc1)cnc1cc(OOCCOC)c(OOCCOC)cc1ncc1ccc(cc1)c(=O)[nH]c1cc(OCC(=O)N(CCCC)CCCC)cc(n1)[nH]c(=O)c1ccc(cc1)cnc1ccccc1ncc1ccc(cc1)c(=O)[nH]2. The number of carbonyl (C=O) groups excluding carboxylic acids is 2. The van der Waals surface area contributed by atoms with Gasteiger partial charge in [0.25, 0.3) is 34.1 Å². The molecule has 9 heterocycles. The van der Waals surface area contributed by atoms with Gasteiger partial charge >= 0.3 is 0 Å². The lowest BCUT2D eigenvalue weighted by Crippen LogP contribution is -2.36. The Hall–Kier alpha value is -11.8. The minimum absolute atomic E-state index is 0.0287. The third kappa shape index (κ3) is 24.4. The molecule has 0 spiro atoms. The zero-order valence-electron chi connectivity index (χ0n) is 60.3. The highest BCUT2D eigenvalue weighted by atomic mass is 17.2. The molecular weight excluding hydrogens is 1350 g/mol. The third-order valence-corrected chi connectivity index (χ3v) is 16.2. The quantitative estimate of drug-likeness (QED) is 0.0201. The second-order valence-electron chi connectivity index (χ2n) is 24.3. The molecule has 15 rings (SSSR count). The topological polar surface area (TPSA) is 323 Å². The number of nitrogens with one attached hydrogen (secondary N) is 4. The van der Waals surface area contributed by atoms with E-state index in [1.165, 1.54) is 50.6 Å². The Balaban J connectivity index is 1.21. The van der Waals surface area contributed by atoms with E-state index in [0.717, 1.165) is 51.4 Å². The molecule has 15 aromatic rings. The van der Waals surface area contributed by atoms with Gasteiger partial charge in [-0.05, 0) is 108 Å². The molecule has 0 atom stereocenters. The molecule has 552 valence electrons. The highest BCUT2D eigenvalue weighted by Gasteiger charge is 2.17. The Kier molecular flexibility index (Phi) is 30.6. The summed E-state index contributed by atoms with van der Waals surface area (Å²) in [5.74, 6) is 0.0798.